The second-order valence-corrected chi connectivity index (χ2v) is 4.93. The Bertz CT molecular complexity index is 227. The molecule has 0 radical (unpaired) electrons. The van der Waals surface area contributed by atoms with Gasteiger partial charge in [0.1, 0.15) is 0 Å². The first kappa shape index (κ1) is 14.5. The summed E-state index contributed by atoms with van der Waals surface area (Å²) in [6, 6.07) is 0. The predicted molar refractivity (Wildman–Crippen MR) is 66.8 cm³/mol. The highest BCUT2D eigenvalue weighted by Gasteiger charge is 2.20. The molecule has 0 saturated carbocycles. The number of ether oxygens (including phenoxy) is 2. The van der Waals surface area contributed by atoms with Gasteiger partial charge in [0.05, 0.1) is 12.5 Å². The minimum Gasteiger partial charge on any atom is -0.466 e. The molecule has 0 aromatic carbocycles. The topological polar surface area (TPSA) is 38.8 Å². The highest BCUT2D eigenvalue weighted by Crippen LogP contribution is 2.16. The molecule has 1 atom stereocenters. The van der Waals surface area contributed by atoms with Crippen LogP contribution in [0.15, 0.2) is 0 Å². The lowest BCUT2D eigenvalue weighted by Crippen LogP contribution is -2.35. The third-order valence-corrected chi connectivity index (χ3v) is 3.19. The summed E-state index contributed by atoms with van der Waals surface area (Å²) in [6.07, 6.45) is 2.27. The fraction of sp³-hybridized carbons (Fsp3) is 0.923. The van der Waals surface area contributed by atoms with E-state index in [1.807, 2.05) is 13.8 Å². The SMILES string of the molecule is CCOC(=O)C(C)CN(C)CC1CCOCC1. The Morgan fingerprint density at radius 1 is 1.47 bits per heavy atom. The number of esters is 1. The van der Waals surface area contributed by atoms with Crippen molar-refractivity contribution < 1.29 is 14.3 Å². The van der Waals surface area contributed by atoms with Crippen molar-refractivity contribution in [3.8, 4) is 0 Å². The smallest absolute Gasteiger partial charge is 0.309 e. The molecule has 100 valence electrons. The number of rotatable bonds is 6. The van der Waals surface area contributed by atoms with Gasteiger partial charge in [-0.2, -0.15) is 0 Å². The number of carbonyl (C=O) groups excluding carboxylic acids is 1. The maximum Gasteiger partial charge on any atom is 0.309 e. The Balaban J connectivity index is 2.22. The number of nitrogens with zero attached hydrogens (tertiary/aromatic N) is 1. The first-order chi connectivity index (χ1) is 8.13. The molecule has 4 heteroatoms. The molecule has 1 rings (SSSR count). The molecule has 1 fully saturated rings. The maximum absolute atomic E-state index is 11.5. The third-order valence-electron chi connectivity index (χ3n) is 3.19. The summed E-state index contributed by atoms with van der Waals surface area (Å²) < 4.78 is 10.3. The van der Waals surface area contributed by atoms with Crippen LogP contribution in [-0.2, 0) is 14.3 Å². The van der Waals surface area contributed by atoms with Crippen LogP contribution in [0.3, 0.4) is 0 Å². The van der Waals surface area contributed by atoms with Crippen molar-refractivity contribution in [3.05, 3.63) is 0 Å². The van der Waals surface area contributed by atoms with Crippen molar-refractivity contribution in [2.45, 2.75) is 26.7 Å². The van der Waals surface area contributed by atoms with Crippen LogP contribution in [0, 0.1) is 11.8 Å². The molecule has 1 aliphatic rings. The summed E-state index contributed by atoms with van der Waals surface area (Å²) in [6.45, 7) is 7.82. The molecular formula is C13H25NO3. The molecule has 0 aromatic heterocycles. The van der Waals surface area contributed by atoms with Gasteiger partial charge in [0.25, 0.3) is 0 Å². The fourth-order valence-corrected chi connectivity index (χ4v) is 2.27. The Labute approximate surface area is 104 Å². The van der Waals surface area contributed by atoms with E-state index in [1.165, 1.54) is 0 Å². The molecule has 4 nitrogen and oxygen atoms in total. The fourth-order valence-electron chi connectivity index (χ4n) is 2.27. The first-order valence-corrected chi connectivity index (χ1v) is 6.56. The first-order valence-electron chi connectivity index (χ1n) is 6.56. The van der Waals surface area contributed by atoms with E-state index in [0.717, 1.165) is 39.1 Å². The molecule has 0 amide bonds. The lowest BCUT2D eigenvalue weighted by Gasteiger charge is -2.28. The molecular weight excluding hydrogens is 218 g/mol. The highest BCUT2D eigenvalue weighted by atomic mass is 16.5. The van der Waals surface area contributed by atoms with Crippen LogP contribution >= 0.6 is 0 Å². The van der Waals surface area contributed by atoms with Crippen LogP contribution in [-0.4, -0.2) is 50.8 Å². The van der Waals surface area contributed by atoms with Gasteiger partial charge in [-0.15, -0.1) is 0 Å². The molecule has 17 heavy (non-hydrogen) atoms. The molecule has 0 bridgehead atoms. The second-order valence-electron chi connectivity index (χ2n) is 4.93. The minimum absolute atomic E-state index is 0.0419. The average molecular weight is 243 g/mol. The van der Waals surface area contributed by atoms with Gasteiger partial charge in [0.15, 0.2) is 0 Å². The zero-order valence-electron chi connectivity index (χ0n) is 11.3. The van der Waals surface area contributed by atoms with Crippen molar-refractivity contribution in [1.29, 1.82) is 0 Å². The van der Waals surface area contributed by atoms with Crippen LogP contribution < -0.4 is 0 Å². The molecule has 1 saturated heterocycles. The average Bonchev–Trinajstić information content (AvgIpc) is 2.30. The van der Waals surface area contributed by atoms with E-state index < -0.39 is 0 Å². The largest absolute Gasteiger partial charge is 0.466 e. The molecule has 1 unspecified atom stereocenters. The molecule has 0 aromatic rings. The number of hydrogen-bond acceptors (Lipinski definition) is 4. The zero-order chi connectivity index (χ0) is 12.7. The van der Waals surface area contributed by atoms with Gasteiger partial charge in [-0.3, -0.25) is 4.79 Å². The summed E-state index contributed by atoms with van der Waals surface area (Å²) in [5, 5.41) is 0. The molecule has 1 aliphatic heterocycles. The van der Waals surface area contributed by atoms with E-state index in [0.29, 0.717) is 12.5 Å². The van der Waals surface area contributed by atoms with Crippen molar-refractivity contribution in [1.82, 2.24) is 4.90 Å². The molecule has 0 spiro atoms. The van der Waals surface area contributed by atoms with Crippen LogP contribution in [0.5, 0.6) is 0 Å². The number of hydrogen-bond donors (Lipinski definition) is 0. The van der Waals surface area contributed by atoms with E-state index in [2.05, 4.69) is 11.9 Å². The van der Waals surface area contributed by atoms with Gasteiger partial charge >= 0.3 is 5.97 Å². The Hall–Kier alpha value is -0.610. The molecule has 1 heterocycles. The van der Waals surface area contributed by atoms with Crippen LogP contribution in [0.1, 0.15) is 26.7 Å². The van der Waals surface area contributed by atoms with Crippen molar-refractivity contribution in [2.24, 2.45) is 11.8 Å². The second kappa shape index (κ2) is 7.67. The lowest BCUT2D eigenvalue weighted by atomic mass is 9.99. The van der Waals surface area contributed by atoms with Crippen molar-refractivity contribution >= 4 is 5.97 Å². The van der Waals surface area contributed by atoms with Gasteiger partial charge < -0.3 is 14.4 Å². The summed E-state index contributed by atoms with van der Waals surface area (Å²) in [5.41, 5.74) is 0. The van der Waals surface area contributed by atoms with Crippen LogP contribution in [0.2, 0.25) is 0 Å². The van der Waals surface area contributed by atoms with Crippen molar-refractivity contribution in [3.63, 3.8) is 0 Å². The van der Waals surface area contributed by atoms with Gasteiger partial charge in [-0.25, -0.2) is 0 Å². The van der Waals surface area contributed by atoms with Crippen LogP contribution in [0.25, 0.3) is 0 Å². The van der Waals surface area contributed by atoms with Crippen LogP contribution in [0.4, 0.5) is 0 Å². The summed E-state index contributed by atoms with van der Waals surface area (Å²) in [7, 11) is 2.07. The standard InChI is InChI=1S/C13H25NO3/c1-4-17-13(15)11(2)9-14(3)10-12-5-7-16-8-6-12/h11-12H,4-10H2,1-3H3. The highest BCUT2D eigenvalue weighted by molar-refractivity contribution is 5.72. The lowest BCUT2D eigenvalue weighted by molar-refractivity contribution is -0.148. The maximum atomic E-state index is 11.5. The zero-order valence-corrected chi connectivity index (χ0v) is 11.3. The third kappa shape index (κ3) is 5.50. The van der Waals surface area contributed by atoms with E-state index in [4.69, 9.17) is 9.47 Å². The monoisotopic (exact) mass is 243 g/mol. The van der Waals surface area contributed by atoms with E-state index in [-0.39, 0.29) is 11.9 Å². The number of carbonyl (C=O) groups is 1. The summed E-state index contributed by atoms with van der Waals surface area (Å²) >= 11 is 0. The van der Waals surface area contributed by atoms with E-state index >= 15 is 0 Å². The Kier molecular flexibility index (Phi) is 6.52. The van der Waals surface area contributed by atoms with Crippen molar-refractivity contribution in [2.75, 3.05) is 40.0 Å². The molecule has 0 aliphatic carbocycles. The van der Waals surface area contributed by atoms with Gasteiger partial charge in [0.2, 0.25) is 0 Å². The van der Waals surface area contributed by atoms with Gasteiger partial charge in [-0.05, 0) is 32.7 Å². The van der Waals surface area contributed by atoms with Gasteiger partial charge in [-0.1, -0.05) is 6.92 Å². The Morgan fingerprint density at radius 2 is 2.12 bits per heavy atom. The Morgan fingerprint density at radius 3 is 2.71 bits per heavy atom. The minimum atomic E-state index is -0.0914. The van der Waals surface area contributed by atoms with Gasteiger partial charge in [0, 0.05) is 26.3 Å². The summed E-state index contributed by atoms with van der Waals surface area (Å²) in [4.78, 5) is 13.7. The normalized spacial score (nSPS) is 19.3. The predicted octanol–water partition coefficient (Wildman–Crippen LogP) is 1.54. The van der Waals surface area contributed by atoms with E-state index in [1.54, 1.807) is 0 Å². The molecule has 0 N–H and O–H groups in total. The summed E-state index contributed by atoms with van der Waals surface area (Å²) in [5.74, 6) is 0.578. The quantitative estimate of drug-likeness (QED) is 0.663. The van der Waals surface area contributed by atoms with E-state index in [9.17, 15) is 4.79 Å².